The van der Waals surface area contributed by atoms with E-state index in [-0.39, 0.29) is 24.0 Å². The van der Waals surface area contributed by atoms with Crippen LogP contribution in [0.4, 0.5) is 14.5 Å². The van der Waals surface area contributed by atoms with Gasteiger partial charge >= 0.3 is 0 Å². The van der Waals surface area contributed by atoms with Crippen molar-refractivity contribution < 1.29 is 8.78 Å². The van der Waals surface area contributed by atoms with Crippen LogP contribution in [0.15, 0.2) is 41.4 Å². The Kier molecular flexibility index (Phi) is 8.40. The Balaban J connectivity index is 0.00000280. The zero-order chi connectivity index (χ0) is 19.2. The number of benzene rings is 1. The highest BCUT2D eigenvalue weighted by molar-refractivity contribution is 14.0. The first-order valence-corrected chi connectivity index (χ1v) is 9.22. The molecule has 152 valence electrons. The van der Waals surface area contributed by atoms with Crippen molar-refractivity contribution in [3.8, 4) is 0 Å². The molecular weight excluding hydrogens is 475 g/mol. The summed E-state index contributed by atoms with van der Waals surface area (Å²) in [5.74, 6) is 0.00509. The fourth-order valence-corrected chi connectivity index (χ4v) is 3.16. The van der Waals surface area contributed by atoms with E-state index in [1.807, 2.05) is 36.9 Å². The Morgan fingerprint density at radius 1 is 1.14 bits per heavy atom. The number of piperazine rings is 1. The Hall–Kier alpha value is -1.97. The van der Waals surface area contributed by atoms with Gasteiger partial charge in [0.25, 0.3) is 0 Å². The van der Waals surface area contributed by atoms with E-state index in [4.69, 9.17) is 4.99 Å². The molecule has 0 radical (unpaired) electrons. The quantitative estimate of drug-likeness (QED) is 0.396. The number of aryl methyl sites for hydroxylation is 1. The van der Waals surface area contributed by atoms with Gasteiger partial charge in [0.2, 0.25) is 0 Å². The third-order valence-corrected chi connectivity index (χ3v) is 4.50. The average molecular weight is 501 g/mol. The number of nitrogens with zero attached hydrogens (tertiary/aromatic N) is 4. The molecule has 0 unspecified atom stereocenters. The molecule has 0 aliphatic carbocycles. The Morgan fingerprint density at radius 3 is 2.57 bits per heavy atom. The van der Waals surface area contributed by atoms with Gasteiger partial charge in [0.1, 0.15) is 11.6 Å². The van der Waals surface area contributed by atoms with E-state index in [1.54, 1.807) is 0 Å². The lowest BCUT2D eigenvalue weighted by atomic mass is 10.2. The van der Waals surface area contributed by atoms with Crippen LogP contribution in [0.3, 0.4) is 0 Å². The summed E-state index contributed by atoms with van der Waals surface area (Å²) >= 11 is 0. The van der Waals surface area contributed by atoms with Gasteiger partial charge in [-0.15, -0.1) is 24.0 Å². The lowest BCUT2D eigenvalue weighted by Crippen LogP contribution is -2.52. The Morgan fingerprint density at radius 2 is 1.89 bits per heavy atom. The van der Waals surface area contributed by atoms with E-state index in [9.17, 15) is 8.78 Å². The number of anilines is 1. The normalized spacial score (nSPS) is 14.6. The van der Waals surface area contributed by atoms with Crippen molar-refractivity contribution >= 4 is 35.6 Å². The van der Waals surface area contributed by atoms with Crippen LogP contribution in [0, 0.1) is 18.6 Å². The molecule has 0 spiro atoms. The zero-order valence-corrected chi connectivity index (χ0v) is 18.5. The molecule has 1 aliphatic rings. The second-order valence-corrected chi connectivity index (χ2v) is 6.51. The van der Waals surface area contributed by atoms with Gasteiger partial charge in [-0.25, -0.2) is 13.8 Å². The molecule has 2 heterocycles. The van der Waals surface area contributed by atoms with Gasteiger partial charge in [0, 0.05) is 44.5 Å². The van der Waals surface area contributed by atoms with E-state index < -0.39 is 11.6 Å². The van der Waals surface area contributed by atoms with Gasteiger partial charge in [-0.3, -0.25) is 4.98 Å². The van der Waals surface area contributed by atoms with Crippen LogP contribution in [0.5, 0.6) is 0 Å². The lowest BCUT2D eigenvalue weighted by Gasteiger charge is -2.37. The van der Waals surface area contributed by atoms with Crippen molar-refractivity contribution in [2.75, 3.05) is 37.6 Å². The van der Waals surface area contributed by atoms with Crippen LogP contribution in [0.1, 0.15) is 18.3 Å². The zero-order valence-electron chi connectivity index (χ0n) is 16.2. The number of hydrogen-bond donors (Lipinski definition) is 1. The summed E-state index contributed by atoms with van der Waals surface area (Å²) in [4.78, 5) is 13.2. The smallest absolute Gasteiger partial charge is 0.194 e. The molecule has 5 nitrogen and oxygen atoms in total. The van der Waals surface area contributed by atoms with E-state index in [1.165, 1.54) is 12.1 Å². The largest absolute Gasteiger partial charge is 0.366 e. The summed E-state index contributed by atoms with van der Waals surface area (Å²) in [6, 6.07) is 9.48. The van der Waals surface area contributed by atoms with Gasteiger partial charge in [0.05, 0.1) is 17.9 Å². The Bertz CT molecular complexity index is 807. The van der Waals surface area contributed by atoms with Crippen molar-refractivity contribution in [1.82, 2.24) is 15.2 Å². The second-order valence-electron chi connectivity index (χ2n) is 6.51. The van der Waals surface area contributed by atoms with Gasteiger partial charge in [-0.1, -0.05) is 6.07 Å². The predicted octanol–water partition coefficient (Wildman–Crippen LogP) is 3.57. The minimum Gasteiger partial charge on any atom is -0.366 e. The molecule has 0 atom stereocenters. The van der Waals surface area contributed by atoms with Crippen LogP contribution in [0.25, 0.3) is 0 Å². The first-order valence-electron chi connectivity index (χ1n) is 9.22. The van der Waals surface area contributed by atoms with E-state index in [0.717, 1.165) is 30.0 Å². The Labute approximate surface area is 181 Å². The molecule has 1 aliphatic heterocycles. The number of halogens is 3. The summed E-state index contributed by atoms with van der Waals surface area (Å²) in [7, 11) is 0. The van der Waals surface area contributed by atoms with E-state index in [0.29, 0.717) is 38.4 Å². The number of aromatic nitrogens is 1. The third kappa shape index (κ3) is 5.76. The number of aliphatic imine (C=N–C) groups is 1. The molecule has 0 saturated carbocycles. The SMILES string of the molecule is CCNC(=NCc1cccc(C)n1)N1CCN(c2cc(F)ccc2F)CC1.I. The van der Waals surface area contributed by atoms with Crippen LogP contribution >= 0.6 is 24.0 Å². The lowest BCUT2D eigenvalue weighted by molar-refractivity contribution is 0.370. The predicted molar refractivity (Wildman–Crippen MR) is 119 cm³/mol. The summed E-state index contributed by atoms with van der Waals surface area (Å²) in [5.41, 5.74) is 2.21. The molecule has 1 aromatic carbocycles. The first-order chi connectivity index (χ1) is 13.1. The number of rotatable bonds is 4. The van der Waals surface area contributed by atoms with Crippen molar-refractivity contribution in [1.29, 1.82) is 0 Å². The first kappa shape index (κ1) is 22.3. The van der Waals surface area contributed by atoms with Crippen molar-refractivity contribution in [3.63, 3.8) is 0 Å². The summed E-state index contributed by atoms with van der Waals surface area (Å²) in [6.07, 6.45) is 0. The fourth-order valence-electron chi connectivity index (χ4n) is 3.16. The number of guanidine groups is 1. The molecule has 0 amide bonds. The third-order valence-electron chi connectivity index (χ3n) is 4.50. The van der Waals surface area contributed by atoms with Crippen molar-refractivity contribution in [3.05, 3.63) is 59.4 Å². The van der Waals surface area contributed by atoms with Gasteiger partial charge < -0.3 is 15.1 Å². The highest BCUT2D eigenvalue weighted by atomic mass is 127. The molecule has 8 heteroatoms. The van der Waals surface area contributed by atoms with E-state index >= 15 is 0 Å². The van der Waals surface area contributed by atoms with Crippen LogP contribution < -0.4 is 10.2 Å². The fraction of sp³-hybridized carbons (Fsp3) is 0.400. The minimum atomic E-state index is -0.422. The molecule has 1 N–H and O–H groups in total. The average Bonchev–Trinajstić information content (AvgIpc) is 2.67. The molecular formula is C20H26F2IN5. The molecule has 1 saturated heterocycles. The molecule has 1 fully saturated rings. The molecule has 3 rings (SSSR count). The molecule has 1 aromatic heterocycles. The number of pyridine rings is 1. The second kappa shape index (κ2) is 10.5. The topological polar surface area (TPSA) is 43.8 Å². The number of hydrogen-bond acceptors (Lipinski definition) is 3. The summed E-state index contributed by atoms with van der Waals surface area (Å²) in [6.45, 7) is 7.83. The summed E-state index contributed by atoms with van der Waals surface area (Å²) < 4.78 is 27.5. The molecule has 28 heavy (non-hydrogen) atoms. The minimum absolute atomic E-state index is 0. The highest BCUT2D eigenvalue weighted by Gasteiger charge is 2.22. The van der Waals surface area contributed by atoms with Gasteiger partial charge in [0.15, 0.2) is 5.96 Å². The maximum Gasteiger partial charge on any atom is 0.194 e. The van der Waals surface area contributed by atoms with Crippen molar-refractivity contribution in [2.45, 2.75) is 20.4 Å². The van der Waals surface area contributed by atoms with Crippen LogP contribution in [0.2, 0.25) is 0 Å². The summed E-state index contributed by atoms with van der Waals surface area (Å²) in [5, 5.41) is 3.31. The van der Waals surface area contributed by atoms with Crippen LogP contribution in [-0.2, 0) is 6.54 Å². The number of nitrogens with one attached hydrogen (secondary N) is 1. The van der Waals surface area contributed by atoms with Crippen molar-refractivity contribution in [2.24, 2.45) is 4.99 Å². The maximum atomic E-state index is 14.0. The standard InChI is InChI=1S/C20H25F2N5.HI/c1-3-23-20(24-14-17-6-4-5-15(2)25-17)27-11-9-26(10-12-27)19-13-16(21)7-8-18(19)22;/h4-8,13H,3,9-12,14H2,1-2H3,(H,23,24);1H. The van der Waals surface area contributed by atoms with E-state index in [2.05, 4.69) is 15.2 Å². The van der Waals surface area contributed by atoms with Gasteiger partial charge in [-0.05, 0) is 38.1 Å². The molecule has 0 bridgehead atoms. The van der Waals surface area contributed by atoms with Crippen LogP contribution in [-0.4, -0.2) is 48.6 Å². The monoisotopic (exact) mass is 501 g/mol. The maximum absolute atomic E-state index is 14.0. The van der Waals surface area contributed by atoms with Gasteiger partial charge in [-0.2, -0.15) is 0 Å². The molecule has 2 aromatic rings. The highest BCUT2D eigenvalue weighted by Crippen LogP contribution is 2.22.